The molecule has 0 saturated carbocycles. The van der Waals surface area contributed by atoms with Crippen LogP contribution >= 0.6 is 0 Å². The number of aromatic nitrogens is 3. The molecule has 8 heteroatoms. The molecular weight excluding hydrogens is 430 g/mol. The van der Waals surface area contributed by atoms with Crippen LogP contribution in [-0.4, -0.2) is 64.4 Å². The number of aromatic hydroxyl groups is 1. The van der Waals surface area contributed by atoms with Gasteiger partial charge < -0.3 is 20.1 Å². The number of aromatic amines is 1. The fraction of sp³-hybridized carbons (Fsp3) is 0.192. The van der Waals surface area contributed by atoms with Crippen LogP contribution in [0.15, 0.2) is 54.6 Å². The number of H-pyrrole nitrogens is 1. The first-order chi connectivity index (χ1) is 16.6. The van der Waals surface area contributed by atoms with E-state index in [1.165, 1.54) is 0 Å². The van der Waals surface area contributed by atoms with Gasteiger partial charge in [-0.15, -0.1) is 0 Å². The lowest BCUT2D eigenvalue weighted by Gasteiger charge is -2.27. The number of phenols is 1. The highest BCUT2D eigenvalue weighted by Gasteiger charge is 2.24. The van der Waals surface area contributed by atoms with Crippen molar-refractivity contribution in [3.05, 3.63) is 71.4 Å². The van der Waals surface area contributed by atoms with E-state index in [2.05, 4.69) is 15.5 Å². The van der Waals surface area contributed by atoms with Gasteiger partial charge in [-0.3, -0.25) is 9.89 Å². The fourth-order valence-electron chi connectivity index (χ4n) is 4.08. The van der Waals surface area contributed by atoms with Crippen LogP contribution in [0, 0.1) is 0 Å². The molecule has 0 atom stereocenters. The third kappa shape index (κ3) is 4.35. The average molecular weight is 456 g/mol. The Hall–Kier alpha value is -4.17. The minimum absolute atomic E-state index is 0.0497. The van der Waals surface area contributed by atoms with Gasteiger partial charge in [0.05, 0.1) is 29.4 Å². The normalized spacial score (nSPS) is 14.1. The molecular formula is C26H25N5O3. The number of ether oxygens (including phenoxy) is 1. The number of carbonyl (C=O) groups excluding carboxylic acids is 1. The zero-order valence-electron chi connectivity index (χ0n) is 18.8. The summed E-state index contributed by atoms with van der Waals surface area (Å²) in [5.41, 5.74) is 4.12. The van der Waals surface area contributed by atoms with Gasteiger partial charge >= 0.3 is 0 Å². The van der Waals surface area contributed by atoms with Crippen molar-refractivity contribution in [2.75, 3.05) is 33.3 Å². The van der Waals surface area contributed by atoms with E-state index in [1.807, 2.05) is 47.4 Å². The molecule has 3 heterocycles. The summed E-state index contributed by atoms with van der Waals surface area (Å²) in [5.74, 6) is 0.892. The maximum atomic E-state index is 13.6. The number of hydrogen-bond acceptors (Lipinski definition) is 6. The summed E-state index contributed by atoms with van der Waals surface area (Å²) in [6.07, 6.45) is 3.81. The largest absolute Gasteiger partial charge is 0.508 e. The number of nitrogens with zero attached hydrogens (tertiary/aromatic N) is 3. The van der Waals surface area contributed by atoms with Gasteiger partial charge in [-0.1, -0.05) is 18.2 Å². The number of piperazine rings is 1. The van der Waals surface area contributed by atoms with Crippen molar-refractivity contribution in [2.45, 2.75) is 0 Å². The summed E-state index contributed by atoms with van der Waals surface area (Å²) in [6, 6.07) is 16.3. The summed E-state index contributed by atoms with van der Waals surface area (Å²) < 4.78 is 5.31. The molecule has 0 bridgehead atoms. The van der Waals surface area contributed by atoms with E-state index in [-0.39, 0.29) is 11.7 Å². The number of fused-ring (bicyclic) bond motifs is 1. The molecule has 0 aliphatic carbocycles. The number of methoxy groups -OCH3 is 1. The average Bonchev–Trinajstić information content (AvgIpc) is 3.30. The molecule has 1 fully saturated rings. The van der Waals surface area contributed by atoms with Gasteiger partial charge in [0.25, 0.3) is 5.91 Å². The summed E-state index contributed by atoms with van der Waals surface area (Å²) in [5, 5.41) is 21.1. The van der Waals surface area contributed by atoms with Gasteiger partial charge in [-0.25, -0.2) is 4.98 Å². The molecule has 1 amide bonds. The van der Waals surface area contributed by atoms with Crippen LogP contribution in [0.2, 0.25) is 0 Å². The van der Waals surface area contributed by atoms with Crippen LogP contribution in [0.25, 0.3) is 34.4 Å². The van der Waals surface area contributed by atoms with E-state index in [9.17, 15) is 9.90 Å². The summed E-state index contributed by atoms with van der Waals surface area (Å²) in [4.78, 5) is 20.2. The molecule has 4 aromatic rings. The number of benzene rings is 2. The quantitative estimate of drug-likeness (QED) is 0.425. The molecule has 1 aliphatic heterocycles. The van der Waals surface area contributed by atoms with Crippen molar-refractivity contribution < 1.29 is 14.6 Å². The first-order valence-corrected chi connectivity index (χ1v) is 11.1. The van der Waals surface area contributed by atoms with E-state index in [0.717, 1.165) is 30.0 Å². The number of phenolic OH excluding ortho intramolecular Hbond substituents is 1. The van der Waals surface area contributed by atoms with Crippen molar-refractivity contribution >= 4 is 29.1 Å². The lowest BCUT2D eigenvalue weighted by Crippen LogP contribution is -2.46. The van der Waals surface area contributed by atoms with E-state index in [4.69, 9.17) is 9.72 Å². The molecule has 2 aromatic carbocycles. The molecule has 1 aliphatic rings. The van der Waals surface area contributed by atoms with Gasteiger partial charge in [0.1, 0.15) is 11.5 Å². The fourth-order valence-corrected chi connectivity index (χ4v) is 4.08. The maximum Gasteiger partial charge on any atom is 0.254 e. The Balaban J connectivity index is 1.60. The minimum Gasteiger partial charge on any atom is -0.508 e. The first kappa shape index (κ1) is 21.7. The highest BCUT2D eigenvalue weighted by Crippen LogP contribution is 2.29. The summed E-state index contributed by atoms with van der Waals surface area (Å²) >= 11 is 0. The number of nitrogens with one attached hydrogen (secondary N) is 2. The number of carbonyl (C=O) groups is 1. The Morgan fingerprint density at radius 3 is 2.65 bits per heavy atom. The highest BCUT2D eigenvalue weighted by atomic mass is 16.5. The van der Waals surface area contributed by atoms with Gasteiger partial charge in [-0.2, -0.15) is 5.10 Å². The molecule has 1 saturated heterocycles. The van der Waals surface area contributed by atoms with Crippen LogP contribution < -0.4 is 10.1 Å². The number of amides is 1. The molecule has 3 N–H and O–H groups in total. The number of pyridine rings is 1. The topological polar surface area (TPSA) is 103 Å². The smallest absolute Gasteiger partial charge is 0.254 e. The standard InChI is InChI=1S/C26H25N5O3/c1-34-20-4-2-3-17(15-20)5-10-22-24-21(26(33)31-13-11-27-12-14-31)16-23(28-25(24)30-29-22)18-6-8-19(32)9-7-18/h2-10,15-16,27,32H,11-14H2,1H3,(H,28,29,30)/b10-5+. The Morgan fingerprint density at radius 2 is 1.88 bits per heavy atom. The van der Waals surface area contributed by atoms with Crippen molar-refractivity contribution in [2.24, 2.45) is 0 Å². The van der Waals surface area contributed by atoms with Crippen LogP contribution in [0.3, 0.4) is 0 Å². The molecule has 172 valence electrons. The van der Waals surface area contributed by atoms with Gasteiger partial charge in [-0.05, 0) is 54.1 Å². The van der Waals surface area contributed by atoms with Gasteiger partial charge in [0.15, 0.2) is 5.65 Å². The molecule has 34 heavy (non-hydrogen) atoms. The second-order valence-electron chi connectivity index (χ2n) is 8.09. The number of hydrogen-bond donors (Lipinski definition) is 3. The van der Waals surface area contributed by atoms with Crippen molar-refractivity contribution in [3.63, 3.8) is 0 Å². The SMILES string of the molecule is COc1cccc(/C=C/c2n[nH]c3nc(-c4ccc(O)cc4)cc(C(=O)N4CCNCC4)c23)c1. The number of rotatable bonds is 5. The van der Waals surface area contributed by atoms with E-state index in [1.54, 1.807) is 31.4 Å². The molecule has 8 nitrogen and oxygen atoms in total. The third-order valence-corrected chi connectivity index (χ3v) is 5.88. The third-order valence-electron chi connectivity index (χ3n) is 5.88. The maximum absolute atomic E-state index is 13.6. The highest BCUT2D eigenvalue weighted by molar-refractivity contribution is 6.09. The predicted octanol–water partition coefficient (Wildman–Crippen LogP) is 3.55. The molecule has 0 radical (unpaired) electrons. The monoisotopic (exact) mass is 455 g/mol. The summed E-state index contributed by atoms with van der Waals surface area (Å²) in [7, 11) is 1.63. The Bertz CT molecular complexity index is 1350. The second kappa shape index (κ2) is 9.36. The Morgan fingerprint density at radius 1 is 1.09 bits per heavy atom. The molecule has 0 spiro atoms. The van der Waals surface area contributed by atoms with Gasteiger partial charge in [0.2, 0.25) is 0 Å². The first-order valence-electron chi connectivity index (χ1n) is 11.1. The Labute approximate surface area is 196 Å². The minimum atomic E-state index is -0.0497. The van der Waals surface area contributed by atoms with Crippen LogP contribution in [0.1, 0.15) is 21.6 Å². The zero-order chi connectivity index (χ0) is 23.5. The summed E-state index contributed by atoms with van der Waals surface area (Å²) in [6.45, 7) is 2.81. The molecule has 5 rings (SSSR count). The lowest BCUT2D eigenvalue weighted by molar-refractivity contribution is 0.0737. The van der Waals surface area contributed by atoms with E-state index < -0.39 is 0 Å². The zero-order valence-corrected chi connectivity index (χ0v) is 18.8. The van der Waals surface area contributed by atoms with Crippen molar-refractivity contribution in [3.8, 4) is 22.8 Å². The molecule has 2 aromatic heterocycles. The van der Waals surface area contributed by atoms with Crippen LogP contribution in [0.4, 0.5) is 0 Å². The van der Waals surface area contributed by atoms with Crippen molar-refractivity contribution in [1.29, 1.82) is 0 Å². The van der Waals surface area contributed by atoms with Gasteiger partial charge in [0, 0.05) is 31.7 Å². The van der Waals surface area contributed by atoms with E-state index in [0.29, 0.717) is 41.1 Å². The molecule has 0 unspecified atom stereocenters. The Kier molecular flexibility index (Phi) is 5.97. The van der Waals surface area contributed by atoms with Crippen LogP contribution in [0.5, 0.6) is 11.5 Å². The van der Waals surface area contributed by atoms with Crippen molar-refractivity contribution in [1.82, 2.24) is 25.4 Å². The second-order valence-corrected chi connectivity index (χ2v) is 8.09. The lowest BCUT2D eigenvalue weighted by atomic mass is 10.0. The predicted molar refractivity (Wildman–Crippen MR) is 132 cm³/mol. The van der Waals surface area contributed by atoms with E-state index >= 15 is 0 Å². The van der Waals surface area contributed by atoms with Crippen LogP contribution in [-0.2, 0) is 0 Å².